The summed E-state index contributed by atoms with van der Waals surface area (Å²) in [6.45, 7) is 5.05. The Morgan fingerprint density at radius 3 is 3.06 bits per heavy atom. The zero-order valence-corrected chi connectivity index (χ0v) is 9.51. The first kappa shape index (κ1) is 10.7. The van der Waals surface area contributed by atoms with Crippen molar-refractivity contribution in [3.63, 3.8) is 0 Å². The van der Waals surface area contributed by atoms with Crippen molar-refractivity contribution in [2.45, 2.75) is 26.8 Å². The molecule has 0 spiro atoms. The highest BCUT2D eigenvalue weighted by molar-refractivity contribution is 5.55. The van der Waals surface area contributed by atoms with Gasteiger partial charge in [0.05, 0.1) is 12.2 Å². The van der Waals surface area contributed by atoms with Crippen LogP contribution in [0, 0.1) is 0 Å². The summed E-state index contributed by atoms with van der Waals surface area (Å²) in [4.78, 5) is 11.9. The predicted octanol–water partition coefficient (Wildman–Crippen LogP) is 1.26. The molecule has 2 rings (SSSR count). The Balaban J connectivity index is 2.41. The second-order valence-electron chi connectivity index (χ2n) is 3.50. The molecule has 1 aliphatic rings. The van der Waals surface area contributed by atoms with E-state index < -0.39 is 0 Å². The zero-order chi connectivity index (χ0) is 11.5. The molecule has 0 N–H and O–H groups in total. The van der Waals surface area contributed by atoms with E-state index in [9.17, 15) is 4.79 Å². The van der Waals surface area contributed by atoms with Gasteiger partial charge in [-0.05, 0) is 19.4 Å². The lowest BCUT2D eigenvalue weighted by atomic mass is 10.3. The molecule has 1 aromatic heterocycles. The maximum absolute atomic E-state index is 11.9. The highest BCUT2D eigenvalue weighted by Crippen LogP contribution is 2.13. The van der Waals surface area contributed by atoms with Crippen LogP contribution in [0.25, 0.3) is 5.70 Å². The molecule has 0 radical (unpaired) electrons. The second kappa shape index (κ2) is 4.38. The summed E-state index contributed by atoms with van der Waals surface area (Å²) in [6.07, 6.45) is 6.67. The average molecular weight is 221 g/mol. The minimum Gasteiger partial charge on any atom is -0.462 e. The first-order valence-electron chi connectivity index (χ1n) is 5.43. The summed E-state index contributed by atoms with van der Waals surface area (Å²) >= 11 is 0. The second-order valence-corrected chi connectivity index (χ2v) is 3.50. The van der Waals surface area contributed by atoms with Crippen LogP contribution in [0.4, 0.5) is 0 Å². The summed E-state index contributed by atoms with van der Waals surface area (Å²) in [5.74, 6) is 0. The van der Waals surface area contributed by atoms with Gasteiger partial charge in [0.25, 0.3) is 0 Å². The van der Waals surface area contributed by atoms with Gasteiger partial charge in [-0.25, -0.2) is 9.36 Å². The van der Waals surface area contributed by atoms with E-state index in [2.05, 4.69) is 5.10 Å². The molecule has 0 saturated heterocycles. The average Bonchev–Trinajstić information content (AvgIpc) is 2.85. The van der Waals surface area contributed by atoms with Gasteiger partial charge in [0.1, 0.15) is 6.61 Å². The fraction of sp³-hybridized carbons (Fsp3) is 0.455. The number of nitrogens with zero attached hydrogens (tertiary/aromatic N) is 3. The molecule has 5 nitrogen and oxygen atoms in total. The molecule has 0 aromatic carbocycles. The Morgan fingerprint density at radius 2 is 2.44 bits per heavy atom. The third kappa shape index (κ3) is 1.68. The van der Waals surface area contributed by atoms with Gasteiger partial charge in [0.2, 0.25) is 0 Å². The highest BCUT2D eigenvalue weighted by Gasteiger charge is 2.20. The molecule has 0 unspecified atom stereocenters. The van der Waals surface area contributed by atoms with Crippen LogP contribution in [0.1, 0.15) is 20.3 Å². The molecule has 1 aromatic rings. The van der Waals surface area contributed by atoms with Gasteiger partial charge in [-0.15, -0.1) is 5.10 Å². The van der Waals surface area contributed by atoms with Crippen molar-refractivity contribution >= 4 is 5.70 Å². The van der Waals surface area contributed by atoms with Crippen LogP contribution in [0.15, 0.2) is 23.0 Å². The Labute approximate surface area is 93.6 Å². The molecule has 0 fully saturated rings. The minimum atomic E-state index is -0.138. The monoisotopic (exact) mass is 221 g/mol. The van der Waals surface area contributed by atoms with E-state index in [4.69, 9.17) is 4.74 Å². The number of hydrogen-bond donors (Lipinski definition) is 0. The minimum absolute atomic E-state index is 0.138. The van der Waals surface area contributed by atoms with Gasteiger partial charge < -0.3 is 4.74 Å². The number of allylic oxidation sites excluding steroid dienone is 4. The molecular weight excluding hydrogens is 206 g/mol. The summed E-state index contributed by atoms with van der Waals surface area (Å²) < 4.78 is 8.16. The molecule has 1 aliphatic heterocycles. The number of fused-ring (bicyclic) bond motifs is 1. The highest BCUT2D eigenvalue weighted by atomic mass is 16.5. The van der Waals surface area contributed by atoms with Crippen molar-refractivity contribution in [2.24, 2.45) is 0 Å². The van der Waals surface area contributed by atoms with Crippen molar-refractivity contribution in [3.05, 3.63) is 28.7 Å². The van der Waals surface area contributed by atoms with Crippen LogP contribution in [0.2, 0.25) is 0 Å². The van der Waals surface area contributed by atoms with Crippen LogP contribution in [-0.2, 0) is 6.54 Å². The maximum atomic E-state index is 11.9. The van der Waals surface area contributed by atoms with E-state index >= 15 is 0 Å². The zero-order valence-electron chi connectivity index (χ0n) is 9.51. The maximum Gasteiger partial charge on any atom is 0.353 e. The van der Waals surface area contributed by atoms with E-state index in [1.165, 1.54) is 4.68 Å². The van der Waals surface area contributed by atoms with Crippen LogP contribution < -0.4 is 10.4 Å². The van der Waals surface area contributed by atoms with Crippen LogP contribution >= 0.6 is 0 Å². The fourth-order valence-corrected chi connectivity index (χ4v) is 1.60. The molecule has 0 saturated carbocycles. The molecule has 0 bridgehead atoms. The molecule has 2 heterocycles. The SMILES string of the molecule is C/C=C(\C=C/CC)n1nc2n(c1=O)CCO2. The quantitative estimate of drug-likeness (QED) is 0.722. The summed E-state index contributed by atoms with van der Waals surface area (Å²) in [5.41, 5.74) is 0.638. The third-order valence-electron chi connectivity index (χ3n) is 2.44. The molecule has 16 heavy (non-hydrogen) atoms. The smallest absolute Gasteiger partial charge is 0.353 e. The molecule has 0 atom stereocenters. The van der Waals surface area contributed by atoms with Crippen molar-refractivity contribution in [3.8, 4) is 6.01 Å². The first-order valence-corrected chi connectivity index (χ1v) is 5.43. The summed E-state index contributed by atoms with van der Waals surface area (Å²) in [6, 6.07) is 0.411. The lowest BCUT2D eigenvalue weighted by Gasteiger charge is -1.99. The van der Waals surface area contributed by atoms with Crippen molar-refractivity contribution in [2.75, 3.05) is 6.61 Å². The Morgan fingerprint density at radius 1 is 1.62 bits per heavy atom. The lowest BCUT2D eigenvalue weighted by Crippen LogP contribution is -2.23. The molecule has 86 valence electrons. The topological polar surface area (TPSA) is 49.0 Å². The number of hydrogen-bond acceptors (Lipinski definition) is 3. The predicted molar refractivity (Wildman–Crippen MR) is 61.4 cm³/mol. The number of rotatable bonds is 3. The Kier molecular flexibility index (Phi) is 2.94. The van der Waals surface area contributed by atoms with Gasteiger partial charge in [0.15, 0.2) is 0 Å². The summed E-state index contributed by atoms with van der Waals surface area (Å²) in [7, 11) is 0. The Hall–Kier alpha value is -1.78. The lowest BCUT2D eigenvalue weighted by molar-refractivity contribution is 0.339. The van der Waals surface area contributed by atoms with Crippen molar-refractivity contribution < 1.29 is 4.74 Å². The Bertz CT molecular complexity index is 494. The summed E-state index contributed by atoms with van der Waals surface area (Å²) in [5, 5.41) is 4.14. The van der Waals surface area contributed by atoms with E-state index in [0.29, 0.717) is 19.2 Å². The van der Waals surface area contributed by atoms with Gasteiger partial charge >= 0.3 is 11.7 Å². The van der Waals surface area contributed by atoms with Gasteiger partial charge in [-0.3, -0.25) is 0 Å². The van der Waals surface area contributed by atoms with Gasteiger partial charge in [-0.1, -0.05) is 19.1 Å². The van der Waals surface area contributed by atoms with Crippen molar-refractivity contribution in [1.82, 2.24) is 14.3 Å². The van der Waals surface area contributed by atoms with Crippen LogP contribution in [0.3, 0.4) is 0 Å². The molecule has 5 heteroatoms. The standard InChI is InChI=1S/C11H15N3O2/c1-3-5-6-9(4-2)14-11(15)13-7-8-16-10(13)12-14/h4-6H,3,7-8H2,1-2H3/b6-5-,9-4+. The number of ether oxygens (including phenoxy) is 1. The third-order valence-corrected chi connectivity index (χ3v) is 2.44. The van der Waals surface area contributed by atoms with Crippen LogP contribution in [-0.4, -0.2) is 21.0 Å². The normalized spacial score (nSPS) is 15.5. The van der Waals surface area contributed by atoms with E-state index in [0.717, 1.165) is 12.1 Å². The fourth-order valence-electron chi connectivity index (χ4n) is 1.60. The van der Waals surface area contributed by atoms with Gasteiger partial charge in [0, 0.05) is 0 Å². The van der Waals surface area contributed by atoms with Crippen molar-refractivity contribution in [1.29, 1.82) is 0 Å². The number of aromatic nitrogens is 3. The molecule has 0 aliphatic carbocycles. The van der Waals surface area contributed by atoms with E-state index in [1.54, 1.807) is 4.57 Å². The van der Waals surface area contributed by atoms with Gasteiger partial charge in [-0.2, -0.15) is 4.68 Å². The first-order chi connectivity index (χ1) is 7.77. The largest absolute Gasteiger partial charge is 0.462 e. The molecule has 0 amide bonds. The van der Waals surface area contributed by atoms with E-state index in [1.807, 2.05) is 32.1 Å². The van der Waals surface area contributed by atoms with E-state index in [-0.39, 0.29) is 5.69 Å². The van der Waals surface area contributed by atoms with Crippen LogP contribution in [0.5, 0.6) is 6.01 Å². The molecular formula is C11H15N3O2.